The van der Waals surface area contributed by atoms with E-state index in [1.54, 1.807) is 0 Å². The fraction of sp³-hybridized carbons (Fsp3) is 0.200. The molecular weight excluding hydrogens is 656 g/mol. The Hall–Kier alpha value is -2.37. The van der Waals surface area contributed by atoms with Crippen molar-refractivity contribution in [2.24, 2.45) is 0 Å². The first-order chi connectivity index (χ1) is 19.9. The van der Waals surface area contributed by atoms with E-state index in [1.807, 2.05) is 0 Å². The molecule has 4 heteroatoms. The van der Waals surface area contributed by atoms with Crippen LogP contribution >= 0.6 is 0 Å². The van der Waals surface area contributed by atoms with Gasteiger partial charge in [0.25, 0.3) is 0 Å². The normalized spacial score (nSPS) is 11.0. The molecule has 228 valence electrons. The van der Waals surface area contributed by atoms with Crippen LogP contribution in [-0.2, 0) is 23.3 Å². The maximum atomic E-state index is 3.06. The number of hydrogen-bond donors (Lipinski definition) is 0. The Morgan fingerprint density at radius 2 is 0.818 bits per heavy atom. The number of benzene rings is 4. The first kappa shape index (κ1) is 37.8. The van der Waals surface area contributed by atoms with Gasteiger partial charge in [0.2, 0.25) is 0 Å². The second kappa shape index (κ2) is 15.8. The van der Waals surface area contributed by atoms with Gasteiger partial charge in [0.1, 0.15) is 0 Å². The molecule has 0 nitrogen and oxygen atoms in total. The van der Waals surface area contributed by atoms with Crippen LogP contribution in [0.5, 0.6) is 0 Å². The van der Waals surface area contributed by atoms with Crippen LogP contribution in [0.4, 0.5) is 0 Å². The molecule has 0 aliphatic heterocycles. The molecular formula is C40H48Si3Zr-4. The van der Waals surface area contributed by atoms with Crippen molar-refractivity contribution in [3.63, 3.8) is 0 Å². The zero-order valence-corrected chi connectivity index (χ0v) is 33.9. The average molecular weight is 704 g/mol. The summed E-state index contributed by atoms with van der Waals surface area (Å²) in [4.78, 5) is 0. The van der Waals surface area contributed by atoms with Gasteiger partial charge >= 0.3 is 30.2 Å². The van der Waals surface area contributed by atoms with Crippen LogP contribution in [0.15, 0.2) is 109 Å². The summed E-state index contributed by atoms with van der Waals surface area (Å²) < 4.78 is 0. The topological polar surface area (TPSA) is 0 Å². The van der Waals surface area contributed by atoms with E-state index in [1.165, 1.54) is 88.6 Å². The molecule has 44 heavy (non-hydrogen) atoms. The van der Waals surface area contributed by atoms with Crippen LogP contribution in [0.25, 0.3) is 43.8 Å². The summed E-state index contributed by atoms with van der Waals surface area (Å²) in [5.41, 5.74) is 8.01. The Bertz CT molecular complexity index is 1640. The fourth-order valence-electron chi connectivity index (χ4n) is 5.57. The van der Waals surface area contributed by atoms with Gasteiger partial charge in [-0.2, -0.15) is 12.1 Å². The summed E-state index contributed by atoms with van der Waals surface area (Å²) in [5, 5.41) is 8.46. The van der Waals surface area contributed by atoms with Crippen molar-refractivity contribution in [1.29, 1.82) is 0 Å². The van der Waals surface area contributed by atoms with Gasteiger partial charge in [0.15, 0.2) is 0 Å². The maximum absolute atomic E-state index is 3.06. The molecule has 0 aromatic heterocycles. The Morgan fingerprint density at radius 1 is 0.500 bits per heavy atom. The minimum absolute atomic E-state index is 0. The second-order valence-electron chi connectivity index (χ2n) is 13.3. The van der Waals surface area contributed by atoms with Crippen molar-refractivity contribution in [1.82, 2.24) is 0 Å². The van der Waals surface area contributed by atoms with Gasteiger partial charge in [-0.1, -0.05) is 135 Å². The quantitative estimate of drug-likeness (QED) is 0.127. The zero-order valence-electron chi connectivity index (χ0n) is 28.4. The second-order valence-corrected chi connectivity index (χ2v) is 23.5. The fourth-order valence-corrected chi connectivity index (χ4v) is 7.91. The SMILES string of the molecule is Cc1cc2c(-c3ccc([Si](C)(C)C)cc3)cccc2[cH-]1.Cc1cc2c(-c3ccc([Si](C)(C)C)cc3)cccc2[cH-]1.[CH3-].[CH3-].[Si]=[Zr]. The first-order valence-corrected chi connectivity index (χ1v) is 25.9. The summed E-state index contributed by atoms with van der Waals surface area (Å²) >= 11 is 1.36. The van der Waals surface area contributed by atoms with Gasteiger partial charge in [-0.05, 0) is 11.1 Å². The molecule has 6 rings (SSSR count). The molecule has 0 saturated heterocycles. The Morgan fingerprint density at radius 3 is 1.11 bits per heavy atom. The summed E-state index contributed by atoms with van der Waals surface area (Å²) in [6, 6.07) is 40.6. The van der Waals surface area contributed by atoms with E-state index in [2.05, 4.69) is 169 Å². The molecule has 6 aromatic rings. The monoisotopic (exact) mass is 702 g/mol. The van der Waals surface area contributed by atoms with E-state index >= 15 is 0 Å². The number of hydrogen-bond acceptors (Lipinski definition) is 0. The Labute approximate surface area is 286 Å². The van der Waals surface area contributed by atoms with E-state index in [4.69, 9.17) is 0 Å². The van der Waals surface area contributed by atoms with Crippen molar-refractivity contribution in [3.8, 4) is 22.3 Å². The third-order valence-corrected chi connectivity index (χ3v) is 12.0. The van der Waals surface area contributed by atoms with E-state index < -0.39 is 16.1 Å². The molecule has 0 heterocycles. The van der Waals surface area contributed by atoms with E-state index in [9.17, 15) is 0 Å². The van der Waals surface area contributed by atoms with Gasteiger partial charge < -0.3 is 14.9 Å². The summed E-state index contributed by atoms with van der Waals surface area (Å²) in [6.07, 6.45) is 0. The van der Waals surface area contributed by atoms with E-state index in [0.717, 1.165) is 0 Å². The van der Waals surface area contributed by atoms with Crippen molar-refractivity contribution >= 4 is 54.9 Å². The van der Waals surface area contributed by atoms with Gasteiger partial charge in [0.05, 0.1) is 16.1 Å². The van der Waals surface area contributed by atoms with Crippen LogP contribution in [0.3, 0.4) is 0 Å². The Kier molecular flexibility index (Phi) is 13.5. The Balaban J connectivity index is 0.000000279. The third kappa shape index (κ3) is 8.88. The van der Waals surface area contributed by atoms with E-state index in [0.29, 0.717) is 0 Å². The van der Waals surface area contributed by atoms with Crippen LogP contribution in [0, 0.1) is 28.7 Å². The van der Waals surface area contributed by atoms with Crippen molar-refractivity contribution < 1.29 is 23.3 Å². The minimum atomic E-state index is -1.21. The number of rotatable bonds is 4. The molecule has 0 N–H and O–H groups in total. The molecule has 0 spiro atoms. The third-order valence-electron chi connectivity index (χ3n) is 7.91. The van der Waals surface area contributed by atoms with Crippen LogP contribution in [-0.4, -0.2) is 23.0 Å². The van der Waals surface area contributed by atoms with Crippen LogP contribution < -0.4 is 10.4 Å². The molecule has 0 unspecified atom stereocenters. The van der Waals surface area contributed by atoms with Gasteiger partial charge in [-0.15, -0.1) is 69.1 Å². The molecule has 0 atom stereocenters. The van der Waals surface area contributed by atoms with E-state index in [-0.39, 0.29) is 14.9 Å². The predicted molar refractivity (Wildman–Crippen MR) is 204 cm³/mol. The average Bonchev–Trinajstić information content (AvgIpc) is 3.54. The van der Waals surface area contributed by atoms with Gasteiger partial charge in [0, 0.05) is 0 Å². The first-order valence-electron chi connectivity index (χ1n) is 14.7. The predicted octanol–water partition coefficient (Wildman–Crippen LogP) is 10.7. The molecule has 2 radical (unpaired) electrons. The molecule has 0 bridgehead atoms. The number of aryl methyl sites for hydroxylation is 2. The van der Waals surface area contributed by atoms with Gasteiger partial charge in [-0.25, -0.2) is 0 Å². The van der Waals surface area contributed by atoms with Crippen LogP contribution in [0.1, 0.15) is 11.1 Å². The summed E-state index contributed by atoms with van der Waals surface area (Å²) in [6.45, 7) is 21.7. The molecule has 0 fully saturated rings. The summed E-state index contributed by atoms with van der Waals surface area (Å²) in [7, 11) is -2.41. The standard InChI is InChI=1S/2C19H21Si.2CH3.Si.Zr/c2*1-14-12-16-6-5-7-18(19(16)13-14)15-8-10-17(11-9-15)20(2,3)4;;;;/h2*5-13H,1-4H3;2*1H3;;/q4*-1;;. The molecule has 0 amide bonds. The van der Waals surface area contributed by atoms with Crippen LogP contribution in [0.2, 0.25) is 39.3 Å². The zero-order chi connectivity index (χ0) is 30.7. The molecule has 0 aliphatic rings. The molecule has 0 aliphatic carbocycles. The number of fused-ring (bicyclic) bond motifs is 2. The van der Waals surface area contributed by atoms with Gasteiger partial charge in [-0.3, -0.25) is 0 Å². The molecule has 0 saturated carbocycles. The van der Waals surface area contributed by atoms with Crippen molar-refractivity contribution in [2.75, 3.05) is 0 Å². The molecule has 6 aromatic carbocycles. The van der Waals surface area contributed by atoms with Crippen molar-refractivity contribution in [3.05, 3.63) is 135 Å². The summed E-state index contributed by atoms with van der Waals surface area (Å²) in [5.74, 6) is 0. The van der Waals surface area contributed by atoms with Crippen molar-refractivity contribution in [2.45, 2.75) is 53.1 Å².